The first-order chi connectivity index (χ1) is 7.66. The zero-order chi connectivity index (χ0) is 11.5. The molecular weight excluding hydrogens is 263 g/mol. The highest BCUT2D eigenvalue weighted by atomic mass is 35.5. The molecule has 16 heavy (non-hydrogen) atoms. The number of hydrogen-bond donors (Lipinski definition) is 0. The molecule has 1 unspecified atom stereocenters. The second kappa shape index (κ2) is 5.44. The molecule has 4 heteroatoms. The molecule has 2 rings (SSSR count). The molecule has 0 spiro atoms. The maximum absolute atomic E-state index is 11.7. The highest BCUT2D eigenvalue weighted by molar-refractivity contribution is 8.00. The van der Waals surface area contributed by atoms with Crippen molar-refractivity contribution < 1.29 is 4.79 Å². The second-order valence-corrected chi connectivity index (χ2v) is 5.98. The summed E-state index contributed by atoms with van der Waals surface area (Å²) in [4.78, 5) is 12.6. The first kappa shape index (κ1) is 12.3. The Bertz CT molecular complexity index is 406. The average molecular weight is 275 g/mol. The monoisotopic (exact) mass is 274 g/mol. The third-order valence-corrected chi connectivity index (χ3v) is 4.71. The summed E-state index contributed by atoms with van der Waals surface area (Å²) in [5, 5.41) is 1.40. The lowest BCUT2D eigenvalue weighted by Gasteiger charge is -2.20. The van der Waals surface area contributed by atoms with Gasteiger partial charge in [-0.3, -0.25) is 4.79 Å². The summed E-state index contributed by atoms with van der Waals surface area (Å²) in [6, 6.07) is 5.37. The third kappa shape index (κ3) is 2.93. The van der Waals surface area contributed by atoms with Crippen LogP contribution in [0.3, 0.4) is 0 Å². The molecule has 1 aromatic rings. The van der Waals surface area contributed by atoms with E-state index in [1.807, 2.05) is 6.07 Å². The Labute approximate surface area is 110 Å². The van der Waals surface area contributed by atoms with Gasteiger partial charge in [-0.05, 0) is 31.0 Å². The topological polar surface area (TPSA) is 17.1 Å². The molecule has 1 aromatic carbocycles. The van der Waals surface area contributed by atoms with Crippen LogP contribution in [0.2, 0.25) is 10.0 Å². The number of carbonyl (C=O) groups is 1. The first-order valence-corrected chi connectivity index (χ1v) is 6.95. The van der Waals surface area contributed by atoms with Crippen LogP contribution < -0.4 is 0 Å². The molecular formula is C12H12Cl2OS. The molecule has 0 radical (unpaired) electrons. The minimum Gasteiger partial charge on any atom is -0.298 e. The number of ketones is 1. The lowest BCUT2D eigenvalue weighted by Crippen LogP contribution is -2.21. The number of Topliss-reactive ketones (excluding diaryl/α,β-unsaturated/α-hetero) is 1. The highest BCUT2D eigenvalue weighted by Gasteiger charge is 2.23. The molecule has 1 atom stereocenters. The van der Waals surface area contributed by atoms with E-state index in [9.17, 15) is 4.79 Å². The molecule has 1 aliphatic carbocycles. The fraction of sp³-hybridized carbons (Fsp3) is 0.417. The zero-order valence-electron chi connectivity index (χ0n) is 8.71. The molecule has 0 aliphatic heterocycles. The van der Waals surface area contributed by atoms with Crippen LogP contribution in [-0.4, -0.2) is 11.0 Å². The van der Waals surface area contributed by atoms with Gasteiger partial charge in [0.15, 0.2) is 0 Å². The first-order valence-electron chi connectivity index (χ1n) is 5.31. The smallest absolute Gasteiger partial charge is 0.146 e. The van der Waals surface area contributed by atoms with Crippen molar-refractivity contribution in [3.8, 4) is 0 Å². The van der Waals surface area contributed by atoms with Crippen molar-refractivity contribution in [3.63, 3.8) is 0 Å². The van der Waals surface area contributed by atoms with Crippen molar-refractivity contribution in [1.29, 1.82) is 0 Å². The largest absolute Gasteiger partial charge is 0.298 e. The molecule has 0 amide bonds. The molecule has 0 aromatic heterocycles. The molecule has 1 aliphatic rings. The van der Waals surface area contributed by atoms with Gasteiger partial charge in [-0.2, -0.15) is 0 Å². The predicted molar refractivity (Wildman–Crippen MR) is 69.6 cm³/mol. The van der Waals surface area contributed by atoms with Gasteiger partial charge in [0.2, 0.25) is 0 Å². The van der Waals surface area contributed by atoms with Crippen LogP contribution in [0.5, 0.6) is 0 Å². The fourth-order valence-electron chi connectivity index (χ4n) is 1.80. The highest BCUT2D eigenvalue weighted by Crippen LogP contribution is 2.36. The van der Waals surface area contributed by atoms with Gasteiger partial charge in [0.1, 0.15) is 5.78 Å². The number of thioether (sulfide) groups is 1. The molecule has 86 valence electrons. The van der Waals surface area contributed by atoms with E-state index in [-0.39, 0.29) is 5.25 Å². The quantitative estimate of drug-likeness (QED) is 0.784. The summed E-state index contributed by atoms with van der Waals surface area (Å²) in [5.74, 6) is 0.340. The van der Waals surface area contributed by atoms with Gasteiger partial charge in [0.05, 0.1) is 10.3 Å². The maximum atomic E-state index is 11.7. The Morgan fingerprint density at radius 3 is 2.81 bits per heavy atom. The van der Waals surface area contributed by atoms with Gasteiger partial charge in [0.25, 0.3) is 0 Å². The molecule has 0 N–H and O–H groups in total. The number of carbonyl (C=O) groups excluding carboxylic acids is 1. The van der Waals surface area contributed by atoms with E-state index in [1.165, 1.54) is 0 Å². The van der Waals surface area contributed by atoms with Gasteiger partial charge >= 0.3 is 0 Å². The van der Waals surface area contributed by atoms with E-state index < -0.39 is 0 Å². The molecule has 0 heterocycles. The SMILES string of the molecule is O=C1CCCCC1Sc1cc(Cl)ccc1Cl. The Morgan fingerprint density at radius 2 is 2.06 bits per heavy atom. The third-order valence-electron chi connectivity index (χ3n) is 2.66. The van der Waals surface area contributed by atoms with Gasteiger partial charge in [-0.25, -0.2) is 0 Å². The summed E-state index contributed by atoms with van der Waals surface area (Å²) >= 11 is 13.5. The number of rotatable bonds is 2. The number of hydrogen-bond acceptors (Lipinski definition) is 2. The van der Waals surface area contributed by atoms with Gasteiger partial charge in [0, 0.05) is 16.3 Å². The van der Waals surface area contributed by atoms with E-state index in [0.29, 0.717) is 22.2 Å². The lowest BCUT2D eigenvalue weighted by molar-refractivity contribution is -0.119. The van der Waals surface area contributed by atoms with Crippen LogP contribution in [-0.2, 0) is 4.79 Å². The summed E-state index contributed by atoms with van der Waals surface area (Å²) in [7, 11) is 0. The summed E-state index contributed by atoms with van der Waals surface area (Å²) in [6.07, 6.45) is 3.81. The Kier molecular flexibility index (Phi) is 4.17. The molecule has 1 nitrogen and oxygen atoms in total. The number of benzene rings is 1. The predicted octanol–water partition coefficient (Wildman–Crippen LogP) is 4.60. The zero-order valence-corrected chi connectivity index (χ0v) is 11.0. The fourth-order valence-corrected chi connectivity index (χ4v) is 3.50. The van der Waals surface area contributed by atoms with Crippen molar-refractivity contribution in [2.24, 2.45) is 0 Å². The minimum atomic E-state index is 0.0599. The number of halogens is 2. The lowest BCUT2D eigenvalue weighted by atomic mass is 9.99. The molecule has 1 saturated carbocycles. The van der Waals surface area contributed by atoms with Crippen LogP contribution in [0.1, 0.15) is 25.7 Å². The van der Waals surface area contributed by atoms with E-state index >= 15 is 0 Å². The van der Waals surface area contributed by atoms with E-state index in [1.54, 1.807) is 23.9 Å². The van der Waals surface area contributed by atoms with Crippen LogP contribution in [0.4, 0.5) is 0 Å². The molecule has 0 bridgehead atoms. The van der Waals surface area contributed by atoms with Crippen LogP contribution in [0.25, 0.3) is 0 Å². The van der Waals surface area contributed by atoms with Gasteiger partial charge < -0.3 is 0 Å². The second-order valence-electron chi connectivity index (χ2n) is 3.89. The maximum Gasteiger partial charge on any atom is 0.146 e. The van der Waals surface area contributed by atoms with Crippen LogP contribution in [0, 0.1) is 0 Å². The van der Waals surface area contributed by atoms with E-state index in [0.717, 1.165) is 24.2 Å². The average Bonchev–Trinajstić information content (AvgIpc) is 2.27. The minimum absolute atomic E-state index is 0.0599. The van der Waals surface area contributed by atoms with Crippen molar-refractivity contribution >= 4 is 40.7 Å². The van der Waals surface area contributed by atoms with Crippen molar-refractivity contribution in [1.82, 2.24) is 0 Å². The van der Waals surface area contributed by atoms with Crippen molar-refractivity contribution in [2.45, 2.75) is 35.8 Å². The summed E-state index contributed by atoms with van der Waals surface area (Å²) in [6.45, 7) is 0. The van der Waals surface area contributed by atoms with Crippen LogP contribution >= 0.6 is 35.0 Å². The Balaban J connectivity index is 2.13. The van der Waals surface area contributed by atoms with E-state index in [2.05, 4.69) is 0 Å². The van der Waals surface area contributed by atoms with Crippen molar-refractivity contribution in [2.75, 3.05) is 0 Å². The summed E-state index contributed by atoms with van der Waals surface area (Å²) in [5.41, 5.74) is 0. The summed E-state index contributed by atoms with van der Waals surface area (Å²) < 4.78 is 0. The van der Waals surface area contributed by atoms with Crippen molar-refractivity contribution in [3.05, 3.63) is 28.2 Å². The van der Waals surface area contributed by atoms with E-state index in [4.69, 9.17) is 23.2 Å². The van der Waals surface area contributed by atoms with Gasteiger partial charge in [-0.1, -0.05) is 29.6 Å². The molecule has 0 saturated heterocycles. The Hall–Kier alpha value is -0.180. The normalized spacial score (nSPS) is 21.1. The standard InChI is InChI=1S/C12H12Cl2OS/c13-8-5-6-9(14)12(7-8)16-11-4-2-1-3-10(11)15/h5-7,11H,1-4H2. The van der Waals surface area contributed by atoms with Crippen LogP contribution in [0.15, 0.2) is 23.1 Å². The Morgan fingerprint density at radius 1 is 1.25 bits per heavy atom. The van der Waals surface area contributed by atoms with Gasteiger partial charge in [-0.15, -0.1) is 11.8 Å². The molecule has 1 fully saturated rings.